The van der Waals surface area contributed by atoms with Gasteiger partial charge in [0, 0.05) is 33.3 Å². The number of nitrogens with one attached hydrogen (secondary N) is 1. The van der Waals surface area contributed by atoms with E-state index in [9.17, 15) is 0 Å². The number of methoxy groups -OCH3 is 1. The van der Waals surface area contributed by atoms with Gasteiger partial charge in [-0.2, -0.15) is 0 Å². The van der Waals surface area contributed by atoms with E-state index in [1.165, 1.54) is 16.7 Å². The molecule has 1 N–H and O–H groups in total. The zero-order valence-corrected chi connectivity index (χ0v) is 13.1. The van der Waals surface area contributed by atoms with Crippen LogP contribution >= 0.6 is 0 Å². The second-order valence-electron chi connectivity index (χ2n) is 6.15. The largest absolute Gasteiger partial charge is 0.383 e. The predicted molar refractivity (Wildman–Crippen MR) is 83.8 cm³/mol. The molecule has 0 amide bonds. The summed E-state index contributed by atoms with van der Waals surface area (Å²) in [6, 6.07) is 6.99. The number of ether oxygens (including phenoxy) is 1. The normalized spacial score (nSPS) is 14.8. The van der Waals surface area contributed by atoms with Crippen LogP contribution in [0.4, 0.5) is 0 Å². The van der Waals surface area contributed by atoms with E-state index in [0.717, 1.165) is 45.8 Å². The first-order valence-corrected chi connectivity index (χ1v) is 7.71. The maximum Gasteiger partial charge on any atom is 0.0589 e. The summed E-state index contributed by atoms with van der Waals surface area (Å²) in [5.74, 6) is 0.686. The quantitative estimate of drug-likeness (QED) is 0.828. The van der Waals surface area contributed by atoms with E-state index < -0.39 is 0 Å². The predicted octanol–water partition coefficient (Wildman–Crippen LogP) is 2.44. The van der Waals surface area contributed by atoms with E-state index in [4.69, 9.17) is 4.74 Å². The summed E-state index contributed by atoms with van der Waals surface area (Å²) in [5.41, 5.74) is 4.41. The van der Waals surface area contributed by atoms with Crippen LogP contribution in [-0.2, 0) is 24.2 Å². The molecule has 0 saturated carbocycles. The van der Waals surface area contributed by atoms with Crippen molar-refractivity contribution in [3.05, 3.63) is 34.9 Å². The molecule has 2 rings (SSSR count). The molecule has 0 spiro atoms. The molecule has 0 saturated heterocycles. The Kier molecular flexibility index (Phi) is 6.02. The van der Waals surface area contributed by atoms with Crippen molar-refractivity contribution in [3.8, 4) is 0 Å². The molecule has 3 heteroatoms. The van der Waals surface area contributed by atoms with Gasteiger partial charge in [-0.25, -0.2) is 0 Å². The third-order valence-electron chi connectivity index (χ3n) is 3.80. The molecule has 0 aromatic heterocycles. The molecule has 1 aliphatic heterocycles. The van der Waals surface area contributed by atoms with Gasteiger partial charge in [-0.3, -0.25) is 4.90 Å². The fraction of sp³-hybridized carbons (Fsp3) is 0.647. The zero-order valence-electron chi connectivity index (χ0n) is 13.1. The van der Waals surface area contributed by atoms with Crippen LogP contribution in [0.15, 0.2) is 18.2 Å². The molecule has 0 bridgehead atoms. The minimum Gasteiger partial charge on any atom is -0.383 e. The van der Waals surface area contributed by atoms with Crippen molar-refractivity contribution < 1.29 is 4.74 Å². The number of fused-ring (bicyclic) bond motifs is 1. The summed E-state index contributed by atoms with van der Waals surface area (Å²) in [6.07, 6.45) is 1.16. The molecular weight excluding hydrogens is 248 g/mol. The highest BCUT2D eigenvalue weighted by Crippen LogP contribution is 2.17. The van der Waals surface area contributed by atoms with Gasteiger partial charge in [-0.15, -0.1) is 0 Å². The van der Waals surface area contributed by atoms with Crippen molar-refractivity contribution in [2.45, 2.75) is 33.4 Å². The first-order chi connectivity index (χ1) is 9.69. The number of hydrogen-bond acceptors (Lipinski definition) is 3. The topological polar surface area (TPSA) is 24.5 Å². The van der Waals surface area contributed by atoms with E-state index in [2.05, 4.69) is 42.3 Å². The molecule has 1 aromatic carbocycles. The van der Waals surface area contributed by atoms with E-state index >= 15 is 0 Å². The molecule has 3 nitrogen and oxygen atoms in total. The van der Waals surface area contributed by atoms with Crippen LogP contribution < -0.4 is 5.32 Å². The van der Waals surface area contributed by atoms with Crippen LogP contribution in [0.2, 0.25) is 0 Å². The van der Waals surface area contributed by atoms with Crippen LogP contribution in [-0.4, -0.2) is 38.3 Å². The summed E-state index contributed by atoms with van der Waals surface area (Å²) < 4.78 is 5.23. The minimum absolute atomic E-state index is 0.686. The third kappa shape index (κ3) is 4.58. The molecule has 0 aliphatic carbocycles. The van der Waals surface area contributed by atoms with Crippen molar-refractivity contribution in [1.29, 1.82) is 0 Å². The SMILES string of the molecule is COCCN(Cc1ccc2c(c1)CNCC2)CC(C)C. The van der Waals surface area contributed by atoms with Gasteiger partial charge in [0.1, 0.15) is 0 Å². The molecule has 1 aromatic rings. The van der Waals surface area contributed by atoms with Gasteiger partial charge in [0.25, 0.3) is 0 Å². The lowest BCUT2D eigenvalue weighted by molar-refractivity contribution is 0.136. The second kappa shape index (κ2) is 7.77. The lowest BCUT2D eigenvalue weighted by Gasteiger charge is -2.25. The van der Waals surface area contributed by atoms with Crippen molar-refractivity contribution in [2.75, 3.05) is 33.4 Å². The summed E-state index contributed by atoms with van der Waals surface area (Å²) >= 11 is 0. The molecule has 0 fully saturated rings. The van der Waals surface area contributed by atoms with Crippen molar-refractivity contribution in [1.82, 2.24) is 10.2 Å². The third-order valence-corrected chi connectivity index (χ3v) is 3.80. The van der Waals surface area contributed by atoms with E-state index in [1.807, 2.05) is 0 Å². The summed E-state index contributed by atoms with van der Waals surface area (Å²) in [5, 5.41) is 3.45. The van der Waals surface area contributed by atoms with Crippen molar-refractivity contribution >= 4 is 0 Å². The Morgan fingerprint density at radius 1 is 1.30 bits per heavy atom. The van der Waals surface area contributed by atoms with Gasteiger partial charge in [-0.05, 0) is 35.6 Å². The molecule has 1 aliphatic rings. The summed E-state index contributed by atoms with van der Waals surface area (Å²) in [4.78, 5) is 2.49. The van der Waals surface area contributed by atoms with Crippen molar-refractivity contribution in [2.24, 2.45) is 5.92 Å². The lowest BCUT2D eigenvalue weighted by Crippen LogP contribution is -2.31. The second-order valence-corrected chi connectivity index (χ2v) is 6.15. The first kappa shape index (κ1) is 15.5. The van der Waals surface area contributed by atoms with Gasteiger partial charge in [0.15, 0.2) is 0 Å². The van der Waals surface area contributed by atoms with Gasteiger partial charge in [0.2, 0.25) is 0 Å². The minimum atomic E-state index is 0.686. The van der Waals surface area contributed by atoms with Gasteiger partial charge in [0.05, 0.1) is 6.61 Å². The van der Waals surface area contributed by atoms with E-state index in [-0.39, 0.29) is 0 Å². The Bertz CT molecular complexity index is 417. The number of nitrogens with zero attached hydrogens (tertiary/aromatic N) is 1. The standard InChI is InChI=1S/C17H28N2O/c1-14(2)12-19(8-9-20-3)13-15-4-5-16-6-7-18-11-17(16)10-15/h4-5,10,14,18H,6-9,11-13H2,1-3H3. The zero-order chi connectivity index (χ0) is 14.4. The maximum atomic E-state index is 5.23. The maximum absolute atomic E-state index is 5.23. The van der Waals surface area contributed by atoms with E-state index in [0.29, 0.717) is 5.92 Å². The summed E-state index contributed by atoms with van der Waals surface area (Å²) in [7, 11) is 1.78. The van der Waals surface area contributed by atoms with Gasteiger partial charge < -0.3 is 10.1 Å². The highest BCUT2D eigenvalue weighted by molar-refractivity contribution is 5.33. The van der Waals surface area contributed by atoms with Gasteiger partial charge >= 0.3 is 0 Å². The molecule has 1 heterocycles. The Labute approximate surface area is 123 Å². The average Bonchev–Trinajstić information content (AvgIpc) is 2.44. The Morgan fingerprint density at radius 3 is 2.90 bits per heavy atom. The van der Waals surface area contributed by atoms with Crippen LogP contribution in [0.25, 0.3) is 0 Å². The molecule has 20 heavy (non-hydrogen) atoms. The molecule has 0 unspecified atom stereocenters. The van der Waals surface area contributed by atoms with E-state index in [1.54, 1.807) is 7.11 Å². The number of hydrogen-bond donors (Lipinski definition) is 1. The van der Waals surface area contributed by atoms with Crippen molar-refractivity contribution in [3.63, 3.8) is 0 Å². The van der Waals surface area contributed by atoms with Crippen LogP contribution in [0, 0.1) is 5.92 Å². The summed E-state index contributed by atoms with van der Waals surface area (Å²) in [6.45, 7) is 10.6. The number of rotatable bonds is 7. The Hall–Kier alpha value is -0.900. The number of benzene rings is 1. The fourth-order valence-electron chi connectivity index (χ4n) is 2.86. The van der Waals surface area contributed by atoms with Crippen LogP contribution in [0.1, 0.15) is 30.5 Å². The highest BCUT2D eigenvalue weighted by Gasteiger charge is 2.12. The highest BCUT2D eigenvalue weighted by atomic mass is 16.5. The Morgan fingerprint density at radius 2 is 2.15 bits per heavy atom. The van der Waals surface area contributed by atoms with Gasteiger partial charge in [-0.1, -0.05) is 32.0 Å². The molecule has 112 valence electrons. The average molecular weight is 276 g/mol. The first-order valence-electron chi connectivity index (χ1n) is 7.71. The molecule has 0 radical (unpaired) electrons. The Balaban J connectivity index is 2.01. The van der Waals surface area contributed by atoms with Crippen LogP contribution in [0.3, 0.4) is 0 Å². The smallest absolute Gasteiger partial charge is 0.0589 e. The molecule has 0 atom stereocenters. The fourth-order valence-corrected chi connectivity index (χ4v) is 2.86. The monoisotopic (exact) mass is 276 g/mol. The molecular formula is C17H28N2O. The van der Waals surface area contributed by atoms with Crippen LogP contribution in [0.5, 0.6) is 0 Å². The lowest BCUT2D eigenvalue weighted by atomic mass is 9.98.